The summed E-state index contributed by atoms with van der Waals surface area (Å²) < 4.78 is 44.8. The van der Waals surface area contributed by atoms with Crippen molar-refractivity contribution in [1.82, 2.24) is 14.4 Å². The monoisotopic (exact) mass is 353 g/mol. The van der Waals surface area contributed by atoms with Crippen LogP contribution in [0.25, 0.3) is 0 Å². The number of nitrogens with zero attached hydrogens (tertiary/aromatic N) is 3. The van der Waals surface area contributed by atoms with Crippen LogP contribution in [-0.4, -0.2) is 49.0 Å². The average Bonchev–Trinajstić information content (AvgIpc) is 2.88. The maximum atomic E-state index is 13.0. The van der Waals surface area contributed by atoms with E-state index in [2.05, 4.69) is 10.1 Å². The molecule has 0 atom stereocenters. The molecule has 0 radical (unpaired) electrons. The van der Waals surface area contributed by atoms with Crippen LogP contribution in [0.4, 0.5) is 4.39 Å². The fraction of sp³-hybridized carbons (Fsp3) is 0.438. The third-order valence-corrected chi connectivity index (χ3v) is 6.26. The van der Waals surface area contributed by atoms with Gasteiger partial charge in [-0.05, 0) is 38.1 Å². The van der Waals surface area contributed by atoms with E-state index >= 15 is 0 Å². The highest BCUT2D eigenvalue weighted by Gasteiger charge is 2.29. The van der Waals surface area contributed by atoms with Crippen molar-refractivity contribution in [3.8, 4) is 0 Å². The zero-order valence-corrected chi connectivity index (χ0v) is 14.5. The Morgan fingerprint density at radius 3 is 2.29 bits per heavy atom. The normalized spacial score (nSPS) is 17.3. The summed E-state index contributed by atoms with van der Waals surface area (Å²) in [5.41, 5.74) is 1.93. The molecule has 0 unspecified atom stereocenters. The largest absolute Gasteiger partial charge is 0.361 e. The summed E-state index contributed by atoms with van der Waals surface area (Å²) in [6, 6.07) is 4.95. The lowest BCUT2D eigenvalue weighted by Gasteiger charge is -2.33. The lowest BCUT2D eigenvalue weighted by atomic mass is 10.2. The maximum Gasteiger partial charge on any atom is 0.243 e. The lowest BCUT2D eigenvalue weighted by Crippen LogP contribution is -2.48. The average molecular weight is 353 g/mol. The second-order valence-electron chi connectivity index (χ2n) is 5.94. The summed E-state index contributed by atoms with van der Waals surface area (Å²) in [5.74, 6) is 0.354. The van der Waals surface area contributed by atoms with Gasteiger partial charge in [-0.1, -0.05) is 5.16 Å². The summed E-state index contributed by atoms with van der Waals surface area (Å²) in [4.78, 5) is 2.31. The third-order valence-electron chi connectivity index (χ3n) is 4.35. The van der Waals surface area contributed by atoms with Crippen molar-refractivity contribution in [1.29, 1.82) is 0 Å². The summed E-state index contributed by atoms with van der Waals surface area (Å²) >= 11 is 0. The molecule has 2 heterocycles. The van der Waals surface area contributed by atoms with E-state index in [0.717, 1.165) is 17.0 Å². The van der Waals surface area contributed by atoms with Crippen LogP contribution < -0.4 is 0 Å². The molecule has 1 fully saturated rings. The molecule has 6 nitrogen and oxygen atoms in total. The predicted octanol–water partition coefficient (Wildman–Crippen LogP) is 1.94. The minimum Gasteiger partial charge on any atom is -0.361 e. The van der Waals surface area contributed by atoms with Crippen molar-refractivity contribution in [3.05, 3.63) is 47.1 Å². The Kier molecular flexibility index (Phi) is 4.71. The molecule has 3 rings (SSSR count). The Hall–Kier alpha value is -1.77. The Balaban J connectivity index is 1.65. The van der Waals surface area contributed by atoms with Gasteiger partial charge in [-0.25, -0.2) is 12.8 Å². The standard InChI is InChI=1S/C16H20FN3O3S/c1-12-16(13(2)23-18-12)11-19-7-9-20(10-8-19)24(21,22)15-5-3-14(17)4-6-15/h3-6H,7-11H2,1-2H3. The highest BCUT2D eigenvalue weighted by atomic mass is 32.2. The Labute approximate surface area is 140 Å². The topological polar surface area (TPSA) is 66.7 Å². The molecule has 8 heteroatoms. The van der Waals surface area contributed by atoms with Crippen LogP contribution in [0.1, 0.15) is 17.0 Å². The number of aromatic nitrogens is 1. The Morgan fingerprint density at radius 1 is 1.12 bits per heavy atom. The molecule has 0 aliphatic carbocycles. The van der Waals surface area contributed by atoms with Gasteiger partial charge in [-0.2, -0.15) is 4.31 Å². The number of halogens is 1. The molecule has 1 saturated heterocycles. The van der Waals surface area contributed by atoms with Gasteiger partial charge in [0.1, 0.15) is 11.6 Å². The molecule has 130 valence electrons. The number of hydrogen-bond acceptors (Lipinski definition) is 5. The molecule has 0 N–H and O–H groups in total. The summed E-state index contributed by atoms with van der Waals surface area (Å²) in [5, 5.41) is 3.94. The second kappa shape index (κ2) is 6.62. The molecule has 1 aromatic heterocycles. The van der Waals surface area contributed by atoms with Crippen molar-refractivity contribution < 1.29 is 17.3 Å². The van der Waals surface area contributed by atoms with Gasteiger partial charge in [0, 0.05) is 38.3 Å². The lowest BCUT2D eigenvalue weighted by molar-refractivity contribution is 0.180. The third kappa shape index (κ3) is 3.35. The highest BCUT2D eigenvalue weighted by Crippen LogP contribution is 2.20. The van der Waals surface area contributed by atoms with Crippen LogP contribution >= 0.6 is 0 Å². The van der Waals surface area contributed by atoms with E-state index in [0.29, 0.717) is 32.7 Å². The van der Waals surface area contributed by atoms with Crippen molar-refractivity contribution in [2.75, 3.05) is 26.2 Å². The number of hydrogen-bond donors (Lipinski definition) is 0. The van der Waals surface area contributed by atoms with E-state index in [9.17, 15) is 12.8 Å². The molecule has 1 aromatic carbocycles. The number of sulfonamides is 1. The molecule has 24 heavy (non-hydrogen) atoms. The molecule has 0 spiro atoms. The highest BCUT2D eigenvalue weighted by molar-refractivity contribution is 7.89. The zero-order chi connectivity index (χ0) is 17.3. The van der Waals surface area contributed by atoms with Gasteiger partial charge < -0.3 is 4.52 Å². The van der Waals surface area contributed by atoms with Gasteiger partial charge in [0.15, 0.2) is 0 Å². The second-order valence-corrected chi connectivity index (χ2v) is 7.87. The van der Waals surface area contributed by atoms with Gasteiger partial charge >= 0.3 is 0 Å². The molecule has 1 aliphatic rings. The van der Waals surface area contributed by atoms with Crippen LogP contribution in [-0.2, 0) is 16.6 Å². The summed E-state index contributed by atoms with van der Waals surface area (Å²) in [6.07, 6.45) is 0. The summed E-state index contributed by atoms with van der Waals surface area (Å²) in [6.45, 7) is 6.55. The molecule has 0 bridgehead atoms. The number of piperazine rings is 1. The molecule has 1 aliphatic heterocycles. The first-order valence-electron chi connectivity index (χ1n) is 7.78. The van der Waals surface area contributed by atoms with E-state index in [1.807, 2.05) is 13.8 Å². The maximum absolute atomic E-state index is 13.0. The van der Waals surface area contributed by atoms with Crippen LogP contribution in [0.5, 0.6) is 0 Å². The van der Waals surface area contributed by atoms with E-state index < -0.39 is 15.8 Å². The molecular weight excluding hydrogens is 333 g/mol. The van der Waals surface area contributed by atoms with Gasteiger partial charge in [-0.15, -0.1) is 0 Å². The quantitative estimate of drug-likeness (QED) is 0.840. The van der Waals surface area contributed by atoms with Crippen LogP contribution in [0, 0.1) is 19.7 Å². The van der Waals surface area contributed by atoms with E-state index in [1.165, 1.54) is 28.6 Å². The Morgan fingerprint density at radius 2 is 1.75 bits per heavy atom. The molecule has 0 saturated carbocycles. The van der Waals surface area contributed by atoms with Crippen molar-refractivity contribution in [2.24, 2.45) is 0 Å². The fourth-order valence-electron chi connectivity index (χ4n) is 2.83. The molecule has 0 amide bonds. The summed E-state index contributed by atoms with van der Waals surface area (Å²) in [7, 11) is -3.57. The number of rotatable bonds is 4. The number of benzene rings is 1. The van der Waals surface area contributed by atoms with Gasteiger partial charge in [-0.3, -0.25) is 4.90 Å². The van der Waals surface area contributed by atoms with Gasteiger partial charge in [0.2, 0.25) is 10.0 Å². The van der Waals surface area contributed by atoms with E-state index in [4.69, 9.17) is 4.52 Å². The molecular formula is C16H20FN3O3S. The van der Waals surface area contributed by atoms with Crippen molar-refractivity contribution in [3.63, 3.8) is 0 Å². The fourth-order valence-corrected chi connectivity index (χ4v) is 4.26. The smallest absolute Gasteiger partial charge is 0.243 e. The van der Waals surface area contributed by atoms with Gasteiger partial charge in [0.05, 0.1) is 10.6 Å². The van der Waals surface area contributed by atoms with E-state index in [-0.39, 0.29) is 4.90 Å². The number of aryl methyl sites for hydroxylation is 2. The van der Waals surface area contributed by atoms with Crippen molar-refractivity contribution >= 4 is 10.0 Å². The van der Waals surface area contributed by atoms with E-state index in [1.54, 1.807) is 0 Å². The van der Waals surface area contributed by atoms with Crippen LogP contribution in [0.3, 0.4) is 0 Å². The van der Waals surface area contributed by atoms with Crippen LogP contribution in [0.15, 0.2) is 33.7 Å². The zero-order valence-electron chi connectivity index (χ0n) is 13.7. The Bertz CT molecular complexity index is 790. The predicted molar refractivity (Wildman–Crippen MR) is 86.4 cm³/mol. The van der Waals surface area contributed by atoms with Crippen molar-refractivity contribution in [2.45, 2.75) is 25.3 Å². The van der Waals surface area contributed by atoms with Crippen LogP contribution in [0.2, 0.25) is 0 Å². The minimum absolute atomic E-state index is 0.128. The van der Waals surface area contributed by atoms with Gasteiger partial charge in [0.25, 0.3) is 0 Å². The first kappa shape index (κ1) is 17.1. The first-order chi connectivity index (χ1) is 11.4. The SMILES string of the molecule is Cc1noc(C)c1CN1CCN(S(=O)(=O)c2ccc(F)cc2)CC1. The first-order valence-corrected chi connectivity index (χ1v) is 9.22. The minimum atomic E-state index is -3.57. The molecule has 2 aromatic rings.